The SMILES string of the molecule is Cc1ccc(S(=O)(=O)N(C)CCNC(=O)c2cc(-c3ccco3)on2)cc1. The van der Waals surface area contributed by atoms with Gasteiger partial charge in [-0.1, -0.05) is 22.9 Å². The number of benzene rings is 1. The van der Waals surface area contributed by atoms with Gasteiger partial charge in [-0.15, -0.1) is 0 Å². The minimum atomic E-state index is -3.61. The van der Waals surface area contributed by atoms with E-state index in [1.54, 1.807) is 36.4 Å². The van der Waals surface area contributed by atoms with Gasteiger partial charge in [0.25, 0.3) is 5.91 Å². The fraction of sp³-hybridized carbons (Fsp3) is 0.222. The molecule has 1 amide bonds. The third-order valence-electron chi connectivity index (χ3n) is 3.95. The largest absolute Gasteiger partial charge is 0.461 e. The molecule has 2 aromatic heterocycles. The Morgan fingerprint density at radius 3 is 2.59 bits per heavy atom. The summed E-state index contributed by atoms with van der Waals surface area (Å²) < 4.78 is 36.4. The van der Waals surface area contributed by atoms with E-state index in [2.05, 4.69) is 10.5 Å². The maximum absolute atomic E-state index is 12.5. The van der Waals surface area contributed by atoms with Crippen LogP contribution in [0.4, 0.5) is 0 Å². The van der Waals surface area contributed by atoms with Crippen molar-refractivity contribution in [3.63, 3.8) is 0 Å². The highest BCUT2D eigenvalue weighted by Crippen LogP contribution is 2.20. The lowest BCUT2D eigenvalue weighted by Crippen LogP contribution is -2.36. The van der Waals surface area contributed by atoms with Crippen LogP contribution < -0.4 is 5.32 Å². The van der Waals surface area contributed by atoms with Crippen LogP contribution in [0, 0.1) is 6.92 Å². The number of furan rings is 1. The monoisotopic (exact) mass is 389 g/mol. The van der Waals surface area contributed by atoms with Crippen LogP contribution in [0.2, 0.25) is 0 Å². The number of nitrogens with zero attached hydrogens (tertiary/aromatic N) is 2. The minimum absolute atomic E-state index is 0.0884. The molecule has 1 N–H and O–H groups in total. The van der Waals surface area contributed by atoms with Crippen molar-refractivity contribution in [1.82, 2.24) is 14.8 Å². The van der Waals surface area contributed by atoms with Crippen molar-refractivity contribution in [2.45, 2.75) is 11.8 Å². The average molecular weight is 389 g/mol. The molecule has 0 fully saturated rings. The zero-order chi connectivity index (χ0) is 19.4. The van der Waals surface area contributed by atoms with Gasteiger partial charge in [0, 0.05) is 26.2 Å². The molecule has 0 radical (unpaired) electrons. The third-order valence-corrected chi connectivity index (χ3v) is 5.82. The molecule has 0 unspecified atom stereocenters. The van der Waals surface area contributed by atoms with Crippen LogP contribution in [-0.4, -0.2) is 43.9 Å². The number of sulfonamides is 1. The topological polar surface area (TPSA) is 106 Å². The maximum Gasteiger partial charge on any atom is 0.273 e. The molecule has 3 rings (SSSR count). The predicted molar refractivity (Wildman–Crippen MR) is 97.5 cm³/mol. The summed E-state index contributed by atoms with van der Waals surface area (Å²) in [4.78, 5) is 12.3. The second-order valence-corrected chi connectivity index (χ2v) is 7.99. The van der Waals surface area contributed by atoms with Gasteiger partial charge in [-0.3, -0.25) is 4.79 Å². The number of aryl methyl sites for hydroxylation is 1. The van der Waals surface area contributed by atoms with Gasteiger partial charge < -0.3 is 14.3 Å². The first kappa shape index (κ1) is 18.9. The van der Waals surface area contributed by atoms with Gasteiger partial charge in [-0.2, -0.15) is 4.31 Å². The molecule has 0 saturated heterocycles. The molecule has 1 aromatic carbocycles. The van der Waals surface area contributed by atoms with Gasteiger partial charge in [0.1, 0.15) is 0 Å². The summed E-state index contributed by atoms with van der Waals surface area (Å²) in [5.74, 6) is 0.340. The highest BCUT2D eigenvalue weighted by molar-refractivity contribution is 7.89. The van der Waals surface area contributed by atoms with Crippen LogP contribution in [0.15, 0.2) is 62.6 Å². The quantitative estimate of drug-likeness (QED) is 0.665. The van der Waals surface area contributed by atoms with Crippen molar-refractivity contribution in [3.8, 4) is 11.5 Å². The molecule has 0 bridgehead atoms. The van der Waals surface area contributed by atoms with Crippen LogP contribution in [0.25, 0.3) is 11.5 Å². The Bertz CT molecular complexity index is 1010. The van der Waals surface area contributed by atoms with Crippen LogP contribution in [-0.2, 0) is 10.0 Å². The minimum Gasteiger partial charge on any atom is -0.461 e. The fourth-order valence-corrected chi connectivity index (χ4v) is 3.52. The summed E-state index contributed by atoms with van der Waals surface area (Å²) in [7, 11) is -2.14. The zero-order valence-corrected chi connectivity index (χ0v) is 15.7. The van der Waals surface area contributed by atoms with Gasteiger partial charge >= 0.3 is 0 Å². The molecule has 0 aliphatic carbocycles. The van der Waals surface area contributed by atoms with E-state index >= 15 is 0 Å². The first-order chi connectivity index (χ1) is 12.9. The number of hydrogen-bond donors (Lipinski definition) is 1. The number of nitrogens with one attached hydrogen (secondary N) is 1. The van der Waals surface area contributed by atoms with E-state index in [0.717, 1.165) is 5.56 Å². The number of aromatic nitrogens is 1. The molecule has 3 aromatic rings. The molecular formula is C18H19N3O5S. The first-order valence-electron chi connectivity index (χ1n) is 8.20. The molecule has 9 heteroatoms. The lowest BCUT2D eigenvalue weighted by Gasteiger charge is -2.17. The van der Waals surface area contributed by atoms with Crippen LogP contribution in [0.5, 0.6) is 0 Å². The first-order valence-corrected chi connectivity index (χ1v) is 9.64. The van der Waals surface area contributed by atoms with E-state index in [1.165, 1.54) is 23.7 Å². The van der Waals surface area contributed by atoms with Crippen LogP contribution >= 0.6 is 0 Å². The van der Waals surface area contributed by atoms with Crippen molar-refractivity contribution in [1.29, 1.82) is 0 Å². The second kappa shape index (κ2) is 7.77. The summed E-state index contributed by atoms with van der Waals surface area (Å²) in [5.41, 5.74) is 1.07. The fourth-order valence-electron chi connectivity index (χ4n) is 2.34. The predicted octanol–water partition coefficient (Wildman–Crippen LogP) is 2.29. The van der Waals surface area contributed by atoms with Crippen molar-refractivity contribution in [3.05, 3.63) is 60.0 Å². The van der Waals surface area contributed by atoms with Gasteiger partial charge in [-0.25, -0.2) is 8.42 Å². The smallest absolute Gasteiger partial charge is 0.273 e. The third kappa shape index (κ3) is 4.26. The Kier molecular flexibility index (Phi) is 5.43. The standard InChI is InChI=1S/C18H19N3O5S/c1-13-5-7-14(8-6-13)27(23,24)21(2)10-9-19-18(22)15-12-17(26-20-15)16-4-3-11-25-16/h3-8,11-12H,9-10H2,1-2H3,(H,19,22). The van der Waals surface area contributed by atoms with Crippen molar-refractivity contribution >= 4 is 15.9 Å². The normalized spacial score (nSPS) is 11.7. The van der Waals surface area contributed by atoms with Crippen molar-refractivity contribution in [2.75, 3.05) is 20.1 Å². The molecule has 0 aliphatic rings. The average Bonchev–Trinajstić information content (AvgIpc) is 3.33. The molecule has 27 heavy (non-hydrogen) atoms. The lowest BCUT2D eigenvalue weighted by atomic mass is 10.2. The number of hydrogen-bond acceptors (Lipinski definition) is 6. The number of amides is 1. The van der Waals surface area contributed by atoms with Gasteiger partial charge in [-0.05, 0) is 31.2 Å². The van der Waals surface area contributed by atoms with E-state index in [1.807, 2.05) is 6.92 Å². The van der Waals surface area contributed by atoms with Crippen molar-refractivity contribution in [2.24, 2.45) is 0 Å². The number of carbonyl (C=O) groups is 1. The van der Waals surface area contributed by atoms with Gasteiger partial charge in [0.15, 0.2) is 11.5 Å². The van der Waals surface area contributed by atoms with E-state index < -0.39 is 15.9 Å². The summed E-state index contributed by atoms with van der Waals surface area (Å²) in [6.45, 7) is 2.13. The van der Waals surface area contributed by atoms with E-state index in [9.17, 15) is 13.2 Å². The number of carbonyl (C=O) groups excluding carboxylic acids is 1. The molecule has 8 nitrogen and oxygen atoms in total. The van der Waals surface area contributed by atoms with Crippen molar-refractivity contribution < 1.29 is 22.2 Å². The molecule has 142 valence electrons. The molecule has 0 spiro atoms. The van der Waals surface area contributed by atoms with E-state index in [-0.39, 0.29) is 23.7 Å². The molecular weight excluding hydrogens is 370 g/mol. The summed E-state index contributed by atoms with van der Waals surface area (Å²) in [6, 6.07) is 11.4. The second-order valence-electron chi connectivity index (χ2n) is 5.95. The molecule has 0 aliphatic heterocycles. The molecule has 0 saturated carbocycles. The Labute approximate surface area is 156 Å². The summed E-state index contributed by atoms with van der Waals surface area (Å²) >= 11 is 0. The molecule has 2 heterocycles. The Balaban J connectivity index is 1.56. The molecule has 0 atom stereocenters. The van der Waals surface area contributed by atoms with Gasteiger partial charge in [0.05, 0.1) is 11.2 Å². The Hall–Kier alpha value is -2.91. The Morgan fingerprint density at radius 2 is 1.93 bits per heavy atom. The zero-order valence-electron chi connectivity index (χ0n) is 14.9. The Morgan fingerprint density at radius 1 is 1.19 bits per heavy atom. The lowest BCUT2D eigenvalue weighted by molar-refractivity contribution is 0.0943. The van der Waals surface area contributed by atoms with Crippen LogP contribution in [0.3, 0.4) is 0 Å². The van der Waals surface area contributed by atoms with E-state index in [0.29, 0.717) is 11.5 Å². The summed E-state index contributed by atoms with van der Waals surface area (Å²) in [5, 5.41) is 6.32. The highest BCUT2D eigenvalue weighted by Gasteiger charge is 2.21. The van der Waals surface area contributed by atoms with Crippen LogP contribution in [0.1, 0.15) is 16.1 Å². The van der Waals surface area contributed by atoms with E-state index in [4.69, 9.17) is 8.94 Å². The maximum atomic E-state index is 12.5. The van der Waals surface area contributed by atoms with Gasteiger partial charge in [0.2, 0.25) is 15.8 Å². The summed E-state index contributed by atoms with van der Waals surface area (Å²) in [6.07, 6.45) is 1.49. The highest BCUT2D eigenvalue weighted by atomic mass is 32.2. The number of rotatable bonds is 7. The number of likely N-dealkylation sites (N-methyl/N-ethyl adjacent to an activating group) is 1.